The maximum Gasteiger partial charge on any atom is 0.256 e. The zero-order chi connectivity index (χ0) is 13.1. The zero-order valence-electron chi connectivity index (χ0n) is 9.58. The van der Waals surface area contributed by atoms with Crippen LogP contribution in [0.5, 0.6) is 0 Å². The molecule has 1 N–H and O–H groups in total. The minimum atomic E-state index is -0.122. The number of nitrogens with zero attached hydrogens (tertiary/aromatic N) is 1. The van der Waals surface area contributed by atoms with Crippen LogP contribution in [0.25, 0.3) is 0 Å². The molecule has 0 unspecified atom stereocenters. The minimum absolute atomic E-state index is 0.122. The fraction of sp³-hybridized carbons (Fsp3) is 0.0769. The standard InChI is InChI=1S/C13H10BrIN2O/c1-8-7-16-5-4-10(8)13(18)17-9-2-3-12(15)11(14)6-9/h2-7H,1H3,(H,17,18). The lowest BCUT2D eigenvalue weighted by atomic mass is 10.1. The third kappa shape index (κ3) is 3.08. The van der Waals surface area contributed by atoms with Crippen molar-refractivity contribution in [1.29, 1.82) is 0 Å². The number of rotatable bonds is 2. The van der Waals surface area contributed by atoms with E-state index >= 15 is 0 Å². The molecular formula is C13H10BrIN2O. The molecule has 3 nitrogen and oxygen atoms in total. The van der Waals surface area contributed by atoms with Crippen molar-refractivity contribution >= 4 is 50.1 Å². The average Bonchev–Trinajstić information content (AvgIpc) is 2.34. The Bertz CT molecular complexity index is 601. The fourth-order valence-electron chi connectivity index (χ4n) is 1.50. The van der Waals surface area contributed by atoms with E-state index in [4.69, 9.17) is 0 Å². The Hall–Kier alpha value is -0.950. The van der Waals surface area contributed by atoms with Gasteiger partial charge in [0.1, 0.15) is 0 Å². The number of pyridine rings is 1. The van der Waals surface area contributed by atoms with Crippen molar-refractivity contribution in [2.75, 3.05) is 5.32 Å². The third-order valence-electron chi connectivity index (χ3n) is 2.44. The van der Waals surface area contributed by atoms with E-state index in [0.717, 1.165) is 19.3 Å². The number of nitrogens with one attached hydrogen (secondary N) is 1. The second kappa shape index (κ2) is 5.79. The third-order valence-corrected chi connectivity index (χ3v) is 4.78. The normalized spacial score (nSPS) is 10.2. The Morgan fingerprint density at radius 3 is 2.83 bits per heavy atom. The topological polar surface area (TPSA) is 42.0 Å². The summed E-state index contributed by atoms with van der Waals surface area (Å²) in [5.41, 5.74) is 2.27. The SMILES string of the molecule is Cc1cnccc1C(=O)Nc1ccc(I)c(Br)c1. The molecule has 1 aromatic carbocycles. The highest BCUT2D eigenvalue weighted by molar-refractivity contribution is 14.1. The summed E-state index contributed by atoms with van der Waals surface area (Å²) in [4.78, 5) is 16.0. The number of aryl methyl sites for hydroxylation is 1. The molecule has 0 atom stereocenters. The van der Waals surface area contributed by atoms with E-state index in [0.29, 0.717) is 5.56 Å². The second-order valence-corrected chi connectivity index (χ2v) is 5.79. The van der Waals surface area contributed by atoms with Crippen molar-refractivity contribution in [2.45, 2.75) is 6.92 Å². The largest absolute Gasteiger partial charge is 0.322 e. The van der Waals surface area contributed by atoms with Crippen LogP contribution in [0.15, 0.2) is 41.1 Å². The molecule has 1 heterocycles. The molecule has 0 aliphatic heterocycles. The molecule has 2 rings (SSSR count). The Labute approximate surface area is 127 Å². The molecular weight excluding hydrogens is 407 g/mol. The van der Waals surface area contributed by atoms with Crippen molar-refractivity contribution < 1.29 is 4.79 Å². The van der Waals surface area contributed by atoms with E-state index in [9.17, 15) is 4.79 Å². The van der Waals surface area contributed by atoms with E-state index in [1.807, 2.05) is 25.1 Å². The predicted molar refractivity (Wildman–Crippen MR) is 83.8 cm³/mol. The van der Waals surface area contributed by atoms with E-state index in [1.165, 1.54) is 0 Å². The van der Waals surface area contributed by atoms with Gasteiger partial charge in [-0.05, 0) is 75.3 Å². The van der Waals surface area contributed by atoms with Gasteiger partial charge in [-0.15, -0.1) is 0 Å². The first-order valence-corrected chi connectivity index (χ1v) is 7.12. The van der Waals surface area contributed by atoms with Gasteiger partial charge >= 0.3 is 0 Å². The zero-order valence-corrected chi connectivity index (χ0v) is 13.3. The van der Waals surface area contributed by atoms with Crippen LogP contribution in [0, 0.1) is 10.5 Å². The summed E-state index contributed by atoms with van der Waals surface area (Å²) in [6, 6.07) is 7.42. The van der Waals surface area contributed by atoms with Crippen LogP contribution < -0.4 is 5.32 Å². The van der Waals surface area contributed by atoms with Gasteiger partial charge in [-0.2, -0.15) is 0 Å². The Balaban J connectivity index is 2.22. The van der Waals surface area contributed by atoms with E-state index in [1.54, 1.807) is 18.5 Å². The van der Waals surface area contributed by atoms with Crippen LogP contribution in [0.4, 0.5) is 5.69 Å². The number of hydrogen-bond donors (Lipinski definition) is 1. The molecule has 18 heavy (non-hydrogen) atoms. The summed E-state index contributed by atoms with van der Waals surface area (Å²) in [5.74, 6) is -0.122. The average molecular weight is 417 g/mol. The fourth-order valence-corrected chi connectivity index (χ4v) is 2.21. The van der Waals surface area contributed by atoms with Crippen molar-refractivity contribution in [3.8, 4) is 0 Å². The van der Waals surface area contributed by atoms with Crippen molar-refractivity contribution in [2.24, 2.45) is 0 Å². The van der Waals surface area contributed by atoms with Crippen LogP contribution >= 0.6 is 38.5 Å². The number of hydrogen-bond acceptors (Lipinski definition) is 2. The Morgan fingerprint density at radius 2 is 2.17 bits per heavy atom. The molecule has 0 saturated carbocycles. The Morgan fingerprint density at radius 1 is 1.39 bits per heavy atom. The molecule has 0 radical (unpaired) electrons. The highest BCUT2D eigenvalue weighted by Gasteiger charge is 2.09. The molecule has 0 bridgehead atoms. The molecule has 92 valence electrons. The summed E-state index contributed by atoms with van der Waals surface area (Å²) in [5, 5.41) is 2.87. The van der Waals surface area contributed by atoms with Crippen LogP contribution in [0.1, 0.15) is 15.9 Å². The van der Waals surface area contributed by atoms with Gasteiger partial charge in [0, 0.05) is 31.7 Å². The van der Waals surface area contributed by atoms with Gasteiger partial charge in [0.2, 0.25) is 0 Å². The van der Waals surface area contributed by atoms with Crippen molar-refractivity contribution in [3.05, 3.63) is 55.8 Å². The van der Waals surface area contributed by atoms with E-state index < -0.39 is 0 Å². The first kappa shape index (κ1) is 13.5. The highest BCUT2D eigenvalue weighted by Crippen LogP contribution is 2.23. The molecule has 1 aromatic heterocycles. The lowest BCUT2D eigenvalue weighted by molar-refractivity contribution is 0.102. The maximum atomic E-state index is 12.1. The molecule has 0 aliphatic rings. The molecule has 0 fully saturated rings. The second-order valence-electron chi connectivity index (χ2n) is 3.77. The number of halogens is 2. The smallest absolute Gasteiger partial charge is 0.256 e. The summed E-state index contributed by atoms with van der Waals surface area (Å²) >= 11 is 5.66. The summed E-state index contributed by atoms with van der Waals surface area (Å²) in [6.45, 7) is 1.87. The predicted octanol–water partition coefficient (Wildman–Crippen LogP) is 4.01. The van der Waals surface area contributed by atoms with E-state index in [-0.39, 0.29) is 5.91 Å². The van der Waals surface area contributed by atoms with Gasteiger partial charge < -0.3 is 5.32 Å². The molecule has 5 heteroatoms. The summed E-state index contributed by atoms with van der Waals surface area (Å²) in [6.07, 6.45) is 3.30. The van der Waals surface area contributed by atoms with Crippen LogP contribution in [0.2, 0.25) is 0 Å². The van der Waals surface area contributed by atoms with Crippen molar-refractivity contribution in [3.63, 3.8) is 0 Å². The van der Waals surface area contributed by atoms with Gasteiger partial charge in [-0.3, -0.25) is 9.78 Å². The molecule has 0 aliphatic carbocycles. The minimum Gasteiger partial charge on any atom is -0.322 e. The number of anilines is 1. The van der Waals surface area contributed by atoms with E-state index in [2.05, 4.69) is 48.8 Å². The molecule has 0 saturated heterocycles. The molecule has 2 aromatic rings. The summed E-state index contributed by atoms with van der Waals surface area (Å²) in [7, 11) is 0. The lowest BCUT2D eigenvalue weighted by Crippen LogP contribution is -2.13. The van der Waals surface area contributed by atoms with Crippen LogP contribution in [-0.2, 0) is 0 Å². The number of benzene rings is 1. The lowest BCUT2D eigenvalue weighted by Gasteiger charge is -2.08. The first-order valence-electron chi connectivity index (χ1n) is 5.25. The van der Waals surface area contributed by atoms with Gasteiger partial charge in [-0.1, -0.05) is 0 Å². The number of carbonyl (C=O) groups is 1. The highest BCUT2D eigenvalue weighted by atomic mass is 127. The van der Waals surface area contributed by atoms with Crippen LogP contribution in [0.3, 0.4) is 0 Å². The van der Waals surface area contributed by atoms with Crippen LogP contribution in [-0.4, -0.2) is 10.9 Å². The monoisotopic (exact) mass is 416 g/mol. The molecule has 0 spiro atoms. The maximum absolute atomic E-state index is 12.1. The number of aromatic nitrogens is 1. The summed E-state index contributed by atoms with van der Waals surface area (Å²) < 4.78 is 2.07. The number of amides is 1. The molecule has 1 amide bonds. The quantitative estimate of drug-likeness (QED) is 0.751. The van der Waals surface area contributed by atoms with Gasteiger partial charge in [-0.25, -0.2) is 0 Å². The van der Waals surface area contributed by atoms with Gasteiger partial charge in [0.25, 0.3) is 5.91 Å². The van der Waals surface area contributed by atoms with Crippen molar-refractivity contribution in [1.82, 2.24) is 4.98 Å². The van der Waals surface area contributed by atoms with Gasteiger partial charge in [0.05, 0.1) is 0 Å². The number of carbonyl (C=O) groups excluding carboxylic acids is 1. The van der Waals surface area contributed by atoms with Gasteiger partial charge in [0.15, 0.2) is 0 Å². The first-order chi connectivity index (χ1) is 8.58. The Kier molecular flexibility index (Phi) is 4.34.